The lowest BCUT2D eigenvalue weighted by Gasteiger charge is -2.10. The van der Waals surface area contributed by atoms with Crippen LogP contribution in [0.2, 0.25) is 0 Å². The van der Waals surface area contributed by atoms with E-state index in [9.17, 15) is 13.6 Å². The average molecular weight is 317 g/mol. The molecule has 1 aliphatic heterocycles. The number of benzene rings is 1. The molecule has 0 spiro atoms. The number of ether oxygens (including phenoxy) is 2. The number of hydrogen-bond acceptors (Lipinski definition) is 5. The Labute approximate surface area is 123 Å². The first-order valence-electron chi connectivity index (χ1n) is 5.37. The highest BCUT2D eigenvalue weighted by molar-refractivity contribution is 8.26. The van der Waals surface area contributed by atoms with Crippen molar-refractivity contribution in [3.8, 4) is 11.5 Å². The topological polar surface area (TPSA) is 47.6 Å². The van der Waals surface area contributed by atoms with Gasteiger partial charge in [0.1, 0.15) is 4.32 Å². The van der Waals surface area contributed by atoms with E-state index >= 15 is 0 Å². The maximum atomic E-state index is 12.2. The minimum atomic E-state index is -2.93. The zero-order valence-electron chi connectivity index (χ0n) is 10.2. The molecule has 0 atom stereocenters. The molecule has 0 saturated carbocycles. The Kier molecular flexibility index (Phi) is 4.56. The van der Waals surface area contributed by atoms with Crippen molar-refractivity contribution in [2.24, 2.45) is 0 Å². The molecule has 8 heteroatoms. The molecule has 0 aliphatic carbocycles. The third kappa shape index (κ3) is 3.45. The van der Waals surface area contributed by atoms with Crippen LogP contribution in [0.15, 0.2) is 23.1 Å². The molecule has 1 aromatic carbocycles. The molecule has 1 heterocycles. The van der Waals surface area contributed by atoms with Crippen LogP contribution in [0.3, 0.4) is 0 Å². The molecule has 1 amide bonds. The van der Waals surface area contributed by atoms with Crippen LogP contribution in [-0.4, -0.2) is 23.9 Å². The third-order valence-corrected chi connectivity index (χ3v) is 3.51. The van der Waals surface area contributed by atoms with Crippen LogP contribution in [0.1, 0.15) is 5.56 Å². The molecular weight excluding hydrogens is 308 g/mol. The number of halogens is 2. The van der Waals surface area contributed by atoms with Crippen molar-refractivity contribution >= 4 is 40.3 Å². The number of carbonyl (C=O) groups excluding carboxylic acids is 1. The van der Waals surface area contributed by atoms with Gasteiger partial charge in [-0.3, -0.25) is 4.79 Å². The first-order chi connectivity index (χ1) is 9.49. The lowest BCUT2D eigenvalue weighted by atomic mass is 10.2. The van der Waals surface area contributed by atoms with E-state index < -0.39 is 6.61 Å². The van der Waals surface area contributed by atoms with Gasteiger partial charge in [-0.25, -0.2) is 0 Å². The summed E-state index contributed by atoms with van der Waals surface area (Å²) in [5.41, 5.74) is 0.616. The molecule has 0 bridgehead atoms. The van der Waals surface area contributed by atoms with E-state index in [4.69, 9.17) is 17.0 Å². The molecule has 1 fully saturated rings. The van der Waals surface area contributed by atoms with Gasteiger partial charge in [-0.15, -0.1) is 0 Å². The number of amides is 1. The molecule has 1 saturated heterocycles. The lowest BCUT2D eigenvalue weighted by molar-refractivity contribution is -0.115. The number of rotatable bonds is 4. The normalized spacial score (nSPS) is 16.7. The number of thioether (sulfide) groups is 1. The lowest BCUT2D eigenvalue weighted by Crippen LogP contribution is -2.17. The van der Waals surface area contributed by atoms with E-state index in [2.05, 4.69) is 10.1 Å². The zero-order valence-corrected chi connectivity index (χ0v) is 11.8. The SMILES string of the molecule is COc1cc(/C=C2\SC(=S)NC2=O)ccc1OC(F)F. The Hall–Kier alpha value is -1.67. The standard InChI is InChI=1S/C12H9F2NO3S2/c1-17-8-4-6(2-3-7(8)18-11(13)14)5-9-10(16)15-12(19)20-9/h2-5,11H,1H3,(H,15,16,19)/b9-5-. The smallest absolute Gasteiger partial charge is 0.387 e. The summed E-state index contributed by atoms with van der Waals surface area (Å²) < 4.78 is 34.1. The number of nitrogens with one attached hydrogen (secondary N) is 1. The molecule has 0 unspecified atom stereocenters. The average Bonchev–Trinajstić information content (AvgIpc) is 2.69. The van der Waals surface area contributed by atoms with E-state index in [1.807, 2.05) is 0 Å². The number of alkyl halides is 2. The molecule has 106 valence electrons. The Morgan fingerprint density at radius 3 is 2.70 bits per heavy atom. The number of hydrogen-bond donors (Lipinski definition) is 1. The molecule has 1 N–H and O–H groups in total. The molecule has 20 heavy (non-hydrogen) atoms. The predicted molar refractivity (Wildman–Crippen MR) is 75.9 cm³/mol. The van der Waals surface area contributed by atoms with Crippen LogP contribution in [-0.2, 0) is 4.79 Å². The fraction of sp³-hybridized carbons (Fsp3) is 0.167. The summed E-state index contributed by atoms with van der Waals surface area (Å²) in [6.07, 6.45) is 1.59. The molecule has 4 nitrogen and oxygen atoms in total. The fourth-order valence-corrected chi connectivity index (χ4v) is 2.58. The van der Waals surface area contributed by atoms with Crippen LogP contribution >= 0.6 is 24.0 Å². The van der Waals surface area contributed by atoms with Gasteiger partial charge in [-0.1, -0.05) is 30.0 Å². The summed E-state index contributed by atoms with van der Waals surface area (Å²) in [7, 11) is 1.34. The largest absolute Gasteiger partial charge is 0.493 e. The van der Waals surface area contributed by atoms with Gasteiger partial charge in [0.2, 0.25) is 0 Å². The van der Waals surface area contributed by atoms with Crippen LogP contribution in [0.4, 0.5) is 8.78 Å². The summed E-state index contributed by atoms with van der Waals surface area (Å²) in [6, 6.07) is 4.40. The molecular formula is C12H9F2NO3S2. The summed E-state index contributed by atoms with van der Waals surface area (Å²) >= 11 is 6.01. The van der Waals surface area contributed by atoms with E-state index in [1.54, 1.807) is 12.1 Å². The zero-order chi connectivity index (χ0) is 14.7. The van der Waals surface area contributed by atoms with Gasteiger partial charge in [0, 0.05) is 0 Å². The third-order valence-electron chi connectivity index (χ3n) is 2.34. The van der Waals surface area contributed by atoms with Crippen LogP contribution in [0.5, 0.6) is 11.5 Å². The molecule has 1 aliphatic rings. The maximum absolute atomic E-state index is 12.2. The molecule has 0 aromatic heterocycles. The molecule has 1 aromatic rings. The van der Waals surface area contributed by atoms with E-state index in [0.29, 0.717) is 14.8 Å². The maximum Gasteiger partial charge on any atom is 0.387 e. The summed E-state index contributed by atoms with van der Waals surface area (Å²) in [4.78, 5) is 11.9. The highest BCUT2D eigenvalue weighted by atomic mass is 32.2. The number of carbonyl (C=O) groups is 1. The van der Waals surface area contributed by atoms with Gasteiger partial charge >= 0.3 is 6.61 Å². The second-order valence-corrected chi connectivity index (χ2v) is 5.36. The van der Waals surface area contributed by atoms with Crippen LogP contribution in [0, 0.1) is 0 Å². The first-order valence-corrected chi connectivity index (χ1v) is 6.60. The Bertz CT molecular complexity index is 590. The monoisotopic (exact) mass is 317 g/mol. The van der Waals surface area contributed by atoms with Crippen molar-refractivity contribution in [3.63, 3.8) is 0 Å². The minimum Gasteiger partial charge on any atom is -0.493 e. The highest BCUT2D eigenvalue weighted by Gasteiger charge is 2.22. The Morgan fingerprint density at radius 1 is 1.40 bits per heavy atom. The summed E-state index contributed by atoms with van der Waals surface area (Å²) in [5.74, 6) is -0.193. The van der Waals surface area contributed by atoms with Crippen LogP contribution < -0.4 is 14.8 Å². The van der Waals surface area contributed by atoms with Gasteiger partial charge in [0.25, 0.3) is 5.91 Å². The van der Waals surface area contributed by atoms with Crippen molar-refractivity contribution in [1.29, 1.82) is 0 Å². The Morgan fingerprint density at radius 2 is 2.15 bits per heavy atom. The Balaban J connectivity index is 2.28. The molecule has 2 rings (SSSR count). The van der Waals surface area contributed by atoms with Crippen molar-refractivity contribution in [3.05, 3.63) is 28.7 Å². The van der Waals surface area contributed by atoms with Gasteiger partial charge in [-0.2, -0.15) is 8.78 Å². The fourth-order valence-electron chi connectivity index (χ4n) is 1.54. The second-order valence-electron chi connectivity index (χ2n) is 3.64. The predicted octanol–water partition coefficient (Wildman–Crippen LogP) is 2.79. The number of methoxy groups -OCH3 is 1. The van der Waals surface area contributed by atoms with Gasteiger partial charge in [-0.05, 0) is 23.8 Å². The van der Waals surface area contributed by atoms with Gasteiger partial charge in [0.05, 0.1) is 12.0 Å². The van der Waals surface area contributed by atoms with E-state index in [1.165, 1.54) is 19.2 Å². The summed E-state index contributed by atoms with van der Waals surface area (Å²) in [6.45, 7) is -2.93. The van der Waals surface area contributed by atoms with Gasteiger partial charge < -0.3 is 14.8 Å². The van der Waals surface area contributed by atoms with Crippen molar-refractivity contribution in [2.75, 3.05) is 7.11 Å². The minimum absolute atomic E-state index is 0.0660. The van der Waals surface area contributed by atoms with E-state index in [0.717, 1.165) is 11.8 Å². The first kappa shape index (κ1) is 14.7. The molecule has 0 radical (unpaired) electrons. The highest BCUT2D eigenvalue weighted by Crippen LogP contribution is 2.32. The van der Waals surface area contributed by atoms with Crippen LogP contribution in [0.25, 0.3) is 6.08 Å². The van der Waals surface area contributed by atoms with Gasteiger partial charge in [0.15, 0.2) is 11.5 Å². The summed E-state index contributed by atoms with van der Waals surface area (Å²) in [5, 5.41) is 2.49. The van der Waals surface area contributed by atoms with Crippen molar-refractivity contribution in [1.82, 2.24) is 5.32 Å². The number of thiocarbonyl (C=S) groups is 1. The van der Waals surface area contributed by atoms with Crippen molar-refractivity contribution in [2.45, 2.75) is 6.61 Å². The van der Waals surface area contributed by atoms with Crippen molar-refractivity contribution < 1.29 is 23.0 Å². The quantitative estimate of drug-likeness (QED) is 0.683. The second kappa shape index (κ2) is 6.19. The van der Waals surface area contributed by atoms with E-state index in [-0.39, 0.29) is 17.4 Å².